The number of halogens is 1. The molecule has 1 aliphatic heterocycles. The molecule has 1 saturated heterocycles. The Hall–Kier alpha value is -2.11. The Labute approximate surface area is 136 Å². The van der Waals surface area contributed by atoms with Crippen LogP contribution in [0.2, 0.25) is 0 Å². The number of carbonyl (C=O) groups is 2. The molecule has 2 amide bonds. The summed E-state index contributed by atoms with van der Waals surface area (Å²) in [7, 11) is 0. The van der Waals surface area contributed by atoms with Gasteiger partial charge in [0.25, 0.3) is 0 Å². The molecule has 6 heteroatoms. The van der Waals surface area contributed by atoms with Gasteiger partial charge in [0.15, 0.2) is 0 Å². The van der Waals surface area contributed by atoms with Gasteiger partial charge in [0, 0.05) is 12.2 Å². The Balaban J connectivity index is 2.22. The molecule has 1 heterocycles. The number of hydrogen-bond acceptors (Lipinski definition) is 3. The van der Waals surface area contributed by atoms with Crippen LogP contribution in [0.25, 0.3) is 0 Å². The Kier molecular flexibility index (Phi) is 4.92. The summed E-state index contributed by atoms with van der Waals surface area (Å²) in [4.78, 5) is 26.1. The van der Waals surface area contributed by atoms with E-state index >= 15 is 0 Å². The van der Waals surface area contributed by atoms with Gasteiger partial charge in [-0.1, -0.05) is 20.8 Å². The molecule has 0 aliphatic carbocycles. The molecule has 0 saturated carbocycles. The number of anilines is 1. The molecule has 2 rings (SSSR count). The van der Waals surface area contributed by atoms with E-state index in [-0.39, 0.29) is 17.1 Å². The van der Waals surface area contributed by atoms with Crippen LogP contribution >= 0.6 is 0 Å². The molecule has 23 heavy (non-hydrogen) atoms. The second-order valence-electron chi connectivity index (χ2n) is 7.04. The monoisotopic (exact) mass is 321 g/mol. The summed E-state index contributed by atoms with van der Waals surface area (Å²) in [5.41, 5.74) is 5.69. The molecule has 2 atom stereocenters. The van der Waals surface area contributed by atoms with E-state index in [0.29, 0.717) is 18.7 Å². The Morgan fingerprint density at radius 1 is 1.30 bits per heavy atom. The number of rotatable bonds is 4. The van der Waals surface area contributed by atoms with E-state index in [2.05, 4.69) is 5.32 Å². The average molecular weight is 321 g/mol. The van der Waals surface area contributed by atoms with Gasteiger partial charge in [0.05, 0.1) is 0 Å². The molecular weight excluding hydrogens is 297 g/mol. The molecular formula is C17H24FN3O2. The molecule has 1 aromatic carbocycles. The maximum atomic E-state index is 13.0. The first-order chi connectivity index (χ1) is 10.7. The second-order valence-corrected chi connectivity index (χ2v) is 7.04. The minimum Gasteiger partial charge on any atom is -0.373 e. The lowest BCUT2D eigenvalue weighted by Crippen LogP contribution is -2.53. The highest BCUT2D eigenvalue weighted by Gasteiger charge is 2.40. The van der Waals surface area contributed by atoms with Crippen molar-refractivity contribution in [1.82, 2.24) is 4.90 Å². The summed E-state index contributed by atoms with van der Waals surface area (Å²) in [5.74, 6) is -0.948. The van der Waals surface area contributed by atoms with Crippen molar-refractivity contribution in [2.45, 2.75) is 45.7 Å². The predicted octanol–water partition coefficient (Wildman–Crippen LogP) is 2.13. The molecule has 0 spiro atoms. The number of nitrogens with one attached hydrogen (secondary N) is 1. The summed E-state index contributed by atoms with van der Waals surface area (Å²) in [6.45, 7) is 6.37. The van der Waals surface area contributed by atoms with Gasteiger partial charge >= 0.3 is 0 Å². The minimum absolute atomic E-state index is 0.150. The standard InChI is InChI=1S/C17H24FN3O2/c1-17(2,3)14(20-12-8-6-11(18)7-9-12)16(23)21-10-4-5-13(21)15(19)22/h6-9,13-14,20H,4-5,10H2,1-3H3,(H2,19,22). The van der Waals surface area contributed by atoms with Gasteiger partial charge in [0.2, 0.25) is 11.8 Å². The van der Waals surface area contributed by atoms with Crippen LogP contribution < -0.4 is 11.1 Å². The van der Waals surface area contributed by atoms with Crippen LogP contribution in [-0.2, 0) is 9.59 Å². The fraction of sp³-hybridized carbons (Fsp3) is 0.529. The van der Waals surface area contributed by atoms with Crippen molar-refractivity contribution >= 4 is 17.5 Å². The van der Waals surface area contributed by atoms with Crippen LogP contribution in [0.5, 0.6) is 0 Å². The second kappa shape index (κ2) is 6.56. The normalized spacial score (nSPS) is 19.5. The van der Waals surface area contributed by atoms with Crippen molar-refractivity contribution in [3.8, 4) is 0 Å². The number of primary amides is 1. The maximum absolute atomic E-state index is 13.0. The molecule has 126 valence electrons. The van der Waals surface area contributed by atoms with Crippen LogP contribution in [0.1, 0.15) is 33.6 Å². The van der Waals surface area contributed by atoms with E-state index in [4.69, 9.17) is 5.73 Å². The Bertz CT molecular complexity index is 580. The molecule has 1 aliphatic rings. The number of carbonyl (C=O) groups excluding carboxylic acids is 2. The molecule has 2 unspecified atom stereocenters. The van der Waals surface area contributed by atoms with Crippen LogP contribution in [0.15, 0.2) is 24.3 Å². The zero-order valence-corrected chi connectivity index (χ0v) is 13.8. The summed E-state index contributed by atoms with van der Waals surface area (Å²) < 4.78 is 13.0. The fourth-order valence-electron chi connectivity index (χ4n) is 2.85. The molecule has 0 bridgehead atoms. The maximum Gasteiger partial charge on any atom is 0.246 e. The summed E-state index contributed by atoms with van der Waals surface area (Å²) >= 11 is 0. The lowest BCUT2D eigenvalue weighted by Gasteiger charge is -2.35. The summed E-state index contributed by atoms with van der Waals surface area (Å²) in [6, 6.07) is 4.80. The van der Waals surface area contributed by atoms with Gasteiger partial charge in [-0.3, -0.25) is 9.59 Å². The lowest BCUT2D eigenvalue weighted by molar-refractivity contribution is -0.139. The van der Waals surface area contributed by atoms with E-state index in [1.165, 1.54) is 12.1 Å². The zero-order chi connectivity index (χ0) is 17.2. The fourth-order valence-corrected chi connectivity index (χ4v) is 2.85. The molecule has 1 aromatic rings. The van der Waals surface area contributed by atoms with Gasteiger partial charge in [-0.05, 0) is 42.5 Å². The summed E-state index contributed by atoms with van der Waals surface area (Å²) in [6.07, 6.45) is 1.38. The van der Waals surface area contributed by atoms with Gasteiger partial charge in [-0.15, -0.1) is 0 Å². The van der Waals surface area contributed by atoms with E-state index in [1.54, 1.807) is 17.0 Å². The van der Waals surface area contributed by atoms with Crippen LogP contribution in [0.4, 0.5) is 10.1 Å². The number of nitrogens with two attached hydrogens (primary N) is 1. The first-order valence-corrected chi connectivity index (χ1v) is 7.82. The SMILES string of the molecule is CC(C)(C)C(Nc1ccc(F)cc1)C(=O)N1CCCC1C(N)=O. The third kappa shape index (κ3) is 4.00. The van der Waals surface area contributed by atoms with Crippen molar-refractivity contribution in [2.24, 2.45) is 11.1 Å². The van der Waals surface area contributed by atoms with Crippen molar-refractivity contribution in [2.75, 3.05) is 11.9 Å². The number of amides is 2. The quantitative estimate of drug-likeness (QED) is 0.892. The Morgan fingerprint density at radius 3 is 2.43 bits per heavy atom. The smallest absolute Gasteiger partial charge is 0.246 e. The molecule has 3 N–H and O–H groups in total. The molecule has 0 radical (unpaired) electrons. The van der Waals surface area contributed by atoms with Crippen molar-refractivity contribution in [3.05, 3.63) is 30.1 Å². The average Bonchev–Trinajstić information content (AvgIpc) is 2.94. The van der Waals surface area contributed by atoms with E-state index in [0.717, 1.165) is 6.42 Å². The van der Waals surface area contributed by atoms with Crippen LogP contribution in [0.3, 0.4) is 0 Å². The van der Waals surface area contributed by atoms with Gasteiger partial charge in [0.1, 0.15) is 17.9 Å². The summed E-state index contributed by atoms with van der Waals surface area (Å²) in [5, 5.41) is 3.17. The highest BCUT2D eigenvalue weighted by atomic mass is 19.1. The van der Waals surface area contributed by atoms with E-state index < -0.39 is 18.0 Å². The number of nitrogens with zero attached hydrogens (tertiary/aromatic N) is 1. The largest absolute Gasteiger partial charge is 0.373 e. The third-order valence-corrected chi connectivity index (χ3v) is 4.13. The van der Waals surface area contributed by atoms with Gasteiger partial charge in [-0.25, -0.2) is 4.39 Å². The minimum atomic E-state index is -0.539. The molecule has 5 nitrogen and oxygen atoms in total. The zero-order valence-electron chi connectivity index (χ0n) is 13.8. The molecule has 1 fully saturated rings. The number of likely N-dealkylation sites (tertiary alicyclic amines) is 1. The van der Waals surface area contributed by atoms with Crippen molar-refractivity contribution in [3.63, 3.8) is 0 Å². The Morgan fingerprint density at radius 2 is 1.91 bits per heavy atom. The number of benzene rings is 1. The first kappa shape index (κ1) is 17.2. The van der Waals surface area contributed by atoms with Gasteiger partial charge in [-0.2, -0.15) is 0 Å². The van der Waals surface area contributed by atoms with Gasteiger partial charge < -0.3 is 16.0 Å². The van der Waals surface area contributed by atoms with Crippen molar-refractivity contribution in [1.29, 1.82) is 0 Å². The highest BCUT2D eigenvalue weighted by Crippen LogP contribution is 2.28. The van der Waals surface area contributed by atoms with Crippen LogP contribution in [0, 0.1) is 11.2 Å². The topological polar surface area (TPSA) is 75.4 Å². The predicted molar refractivity (Wildman–Crippen MR) is 87.2 cm³/mol. The van der Waals surface area contributed by atoms with Crippen LogP contribution in [-0.4, -0.2) is 35.3 Å². The molecule has 0 aromatic heterocycles. The highest BCUT2D eigenvalue weighted by molar-refractivity contribution is 5.91. The third-order valence-electron chi connectivity index (χ3n) is 4.13. The van der Waals surface area contributed by atoms with E-state index in [9.17, 15) is 14.0 Å². The van der Waals surface area contributed by atoms with Crippen molar-refractivity contribution < 1.29 is 14.0 Å². The lowest BCUT2D eigenvalue weighted by atomic mass is 9.85. The number of hydrogen-bond donors (Lipinski definition) is 2. The van der Waals surface area contributed by atoms with E-state index in [1.807, 2.05) is 20.8 Å². The first-order valence-electron chi connectivity index (χ1n) is 7.82.